The van der Waals surface area contributed by atoms with E-state index in [-0.39, 0.29) is 28.1 Å². The van der Waals surface area contributed by atoms with Gasteiger partial charge in [0.25, 0.3) is 0 Å². The van der Waals surface area contributed by atoms with E-state index in [4.69, 9.17) is 14.2 Å². The fourth-order valence-electron chi connectivity index (χ4n) is 4.13. The zero-order valence-electron chi connectivity index (χ0n) is 21.2. The average Bonchev–Trinajstić information content (AvgIpc) is 2.81. The Morgan fingerprint density at radius 3 is 1.50 bits per heavy atom. The van der Waals surface area contributed by atoms with Gasteiger partial charge in [0, 0.05) is 28.8 Å². The van der Waals surface area contributed by atoms with Crippen LogP contribution in [0.4, 0.5) is 0 Å². The van der Waals surface area contributed by atoms with Gasteiger partial charge in [-0.05, 0) is 36.0 Å². The number of ketones is 2. The summed E-state index contributed by atoms with van der Waals surface area (Å²) in [5, 5.41) is 0. The summed E-state index contributed by atoms with van der Waals surface area (Å²) in [4.78, 5) is 27.5. The fourth-order valence-corrected chi connectivity index (χ4v) is 4.13. The first-order chi connectivity index (χ1) is 16.0. The molecule has 0 saturated carbocycles. The molecule has 3 aromatic carbocycles. The van der Waals surface area contributed by atoms with Gasteiger partial charge < -0.3 is 14.2 Å². The van der Waals surface area contributed by atoms with Gasteiger partial charge in [-0.2, -0.15) is 0 Å². The summed E-state index contributed by atoms with van der Waals surface area (Å²) in [5.41, 5.74) is 4.37. The Morgan fingerprint density at radius 2 is 1.12 bits per heavy atom. The standard InChI is InChI=1S/C29H32O5/c1-17-13-19(29(3,4)5)14-18(2)25(17)27(30)21-11-9-10-12-22(21)28(31)26-23(33-7)15-20(32-6)16-24(26)34-8/h9-16H,1-8H3. The second-order valence-electron chi connectivity index (χ2n) is 9.35. The van der Waals surface area contributed by atoms with Crippen LogP contribution in [0.15, 0.2) is 48.5 Å². The first-order valence-electron chi connectivity index (χ1n) is 11.1. The largest absolute Gasteiger partial charge is 0.496 e. The van der Waals surface area contributed by atoms with E-state index in [0.29, 0.717) is 28.4 Å². The molecule has 0 aliphatic carbocycles. The number of hydrogen-bond acceptors (Lipinski definition) is 5. The Balaban J connectivity index is 2.16. The molecule has 0 radical (unpaired) electrons. The van der Waals surface area contributed by atoms with Crippen LogP contribution in [0.3, 0.4) is 0 Å². The first kappa shape index (κ1) is 25.0. The lowest BCUT2D eigenvalue weighted by molar-refractivity contribution is 0.0999. The molecule has 34 heavy (non-hydrogen) atoms. The normalized spacial score (nSPS) is 11.2. The van der Waals surface area contributed by atoms with Crippen LogP contribution in [0.25, 0.3) is 0 Å². The topological polar surface area (TPSA) is 61.8 Å². The summed E-state index contributed by atoms with van der Waals surface area (Å²) < 4.78 is 16.2. The monoisotopic (exact) mass is 460 g/mol. The molecule has 0 spiro atoms. The molecule has 0 bridgehead atoms. The maximum Gasteiger partial charge on any atom is 0.201 e. The maximum atomic E-state index is 13.8. The zero-order chi connectivity index (χ0) is 25.2. The smallest absolute Gasteiger partial charge is 0.201 e. The second-order valence-corrected chi connectivity index (χ2v) is 9.35. The van der Waals surface area contributed by atoms with Crippen molar-refractivity contribution < 1.29 is 23.8 Å². The number of rotatable bonds is 7. The molecule has 0 aromatic heterocycles. The molecule has 178 valence electrons. The van der Waals surface area contributed by atoms with Crippen molar-refractivity contribution in [1.29, 1.82) is 0 Å². The zero-order valence-corrected chi connectivity index (χ0v) is 21.2. The number of benzene rings is 3. The molecular weight excluding hydrogens is 428 g/mol. The minimum absolute atomic E-state index is 0.0353. The Morgan fingerprint density at radius 1 is 0.676 bits per heavy atom. The minimum atomic E-state index is -0.359. The van der Waals surface area contributed by atoms with E-state index in [1.165, 1.54) is 21.3 Å². The highest BCUT2D eigenvalue weighted by Gasteiger charge is 2.27. The highest BCUT2D eigenvalue weighted by atomic mass is 16.5. The van der Waals surface area contributed by atoms with Gasteiger partial charge in [0.1, 0.15) is 22.8 Å². The molecule has 0 saturated heterocycles. The van der Waals surface area contributed by atoms with Crippen LogP contribution in [0.2, 0.25) is 0 Å². The van der Waals surface area contributed by atoms with Crippen molar-refractivity contribution in [2.24, 2.45) is 0 Å². The van der Waals surface area contributed by atoms with Crippen LogP contribution in [-0.2, 0) is 5.41 Å². The van der Waals surface area contributed by atoms with E-state index < -0.39 is 0 Å². The molecule has 0 aliphatic rings. The van der Waals surface area contributed by atoms with Crippen LogP contribution in [0, 0.1) is 13.8 Å². The summed E-state index contributed by atoms with van der Waals surface area (Å²) in [6.45, 7) is 10.3. The molecule has 0 aliphatic heterocycles. The quantitative estimate of drug-likeness (QED) is 0.399. The average molecular weight is 461 g/mol. The third-order valence-electron chi connectivity index (χ3n) is 5.98. The predicted octanol–water partition coefficient (Wildman–Crippen LogP) is 6.09. The van der Waals surface area contributed by atoms with Gasteiger partial charge in [0.05, 0.1) is 21.3 Å². The number of carbonyl (C=O) groups is 2. The van der Waals surface area contributed by atoms with Crippen LogP contribution < -0.4 is 14.2 Å². The predicted molar refractivity (Wildman–Crippen MR) is 134 cm³/mol. The molecule has 0 fully saturated rings. The van der Waals surface area contributed by atoms with Crippen molar-refractivity contribution in [3.63, 3.8) is 0 Å². The van der Waals surface area contributed by atoms with Crippen LogP contribution >= 0.6 is 0 Å². The highest BCUT2D eigenvalue weighted by Crippen LogP contribution is 2.37. The number of ether oxygens (including phenoxy) is 3. The van der Waals surface area contributed by atoms with Crippen LogP contribution in [-0.4, -0.2) is 32.9 Å². The van der Waals surface area contributed by atoms with Crippen LogP contribution in [0.1, 0.15) is 69.3 Å². The fraction of sp³-hybridized carbons (Fsp3) is 0.310. The molecule has 0 heterocycles. The lowest BCUT2D eigenvalue weighted by Gasteiger charge is -2.22. The molecular formula is C29H32O5. The van der Waals surface area contributed by atoms with Gasteiger partial charge in [0.15, 0.2) is 5.78 Å². The van der Waals surface area contributed by atoms with Crippen molar-refractivity contribution in [2.75, 3.05) is 21.3 Å². The molecule has 0 unspecified atom stereocenters. The van der Waals surface area contributed by atoms with Crippen molar-refractivity contribution >= 4 is 11.6 Å². The van der Waals surface area contributed by atoms with Gasteiger partial charge in [-0.3, -0.25) is 9.59 Å². The summed E-state index contributed by atoms with van der Waals surface area (Å²) in [5.74, 6) is 0.572. The van der Waals surface area contributed by atoms with Gasteiger partial charge in [-0.1, -0.05) is 57.2 Å². The van der Waals surface area contributed by atoms with Gasteiger partial charge >= 0.3 is 0 Å². The van der Waals surface area contributed by atoms with Crippen LogP contribution in [0.5, 0.6) is 17.2 Å². The number of aryl methyl sites for hydroxylation is 2. The van der Waals surface area contributed by atoms with Gasteiger partial charge in [-0.15, -0.1) is 0 Å². The minimum Gasteiger partial charge on any atom is -0.496 e. The molecule has 0 amide bonds. The highest BCUT2D eigenvalue weighted by molar-refractivity contribution is 6.21. The molecule has 0 N–H and O–H groups in total. The SMILES string of the molecule is COc1cc(OC)c(C(=O)c2ccccc2C(=O)c2c(C)cc(C(C)(C)C)cc2C)c(OC)c1. The molecule has 5 heteroatoms. The Kier molecular flexibility index (Phi) is 7.15. The summed E-state index contributed by atoms with van der Waals surface area (Å²) in [6.07, 6.45) is 0. The molecule has 0 atom stereocenters. The Hall–Kier alpha value is -3.60. The van der Waals surface area contributed by atoms with Crippen molar-refractivity contribution in [2.45, 2.75) is 40.0 Å². The number of hydrogen-bond donors (Lipinski definition) is 0. The summed E-state index contributed by atoms with van der Waals surface area (Å²) >= 11 is 0. The summed E-state index contributed by atoms with van der Waals surface area (Å²) in [6, 6.07) is 14.2. The van der Waals surface area contributed by atoms with Gasteiger partial charge in [-0.25, -0.2) is 0 Å². The van der Waals surface area contributed by atoms with E-state index in [0.717, 1.165) is 16.7 Å². The number of carbonyl (C=O) groups excluding carboxylic acids is 2. The van der Waals surface area contributed by atoms with E-state index in [2.05, 4.69) is 32.9 Å². The Labute approximate surface area is 201 Å². The summed E-state index contributed by atoms with van der Waals surface area (Å²) in [7, 11) is 4.48. The van der Waals surface area contributed by atoms with Crippen molar-refractivity contribution in [3.8, 4) is 17.2 Å². The van der Waals surface area contributed by atoms with E-state index in [1.807, 2.05) is 13.8 Å². The molecule has 5 nitrogen and oxygen atoms in total. The number of methoxy groups -OCH3 is 3. The third kappa shape index (κ3) is 4.69. The van der Waals surface area contributed by atoms with Crippen molar-refractivity contribution in [3.05, 3.63) is 87.5 Å². The van der Waals surface area contributed by atoms with Crippen molar-refractivity contribution in [1.82, 2.24) is 0 Å². The lowest BCUT2D eigenvalue weighted by Crippen LogP contribution is -2.17. The molecule has 3 rings (SSSR count). The van der Waals surface area contributed by atoms with E-state index >= 15 is 0 Å². The van der Waals surface area contributed by atoms with E-state index in [1.54, 1.807) is 36.4 Å². The van der Waals surface area contributed by atoms with Gasteiger partial charge in [0.2, 0.25) is 5.78 Å². The maximum absolute atomic E-state index is 13.8. The Bertz CT molecular complexity index is 1200. The first-order valence-corrected chi connectivity index (χ1v) is 11.1. The molecule has 3 aromatic rings. The lowest BCUT2D eigenvalue weighted by atomic mass is 9.82. The van der Waals surface area contributed by atoms with E-state index in [9.17, 15) is 9.59 Å². The second kappa shape index (κ2) is 9.72. The third-order valence-corrected chi connectivity index (χ3v) is 5.98.